The van der Waals surface area contributed by atoms with Gasteiger partial charge in [-0.3, -0.25) is 0 Å². The van der Waals surface area contributed by atoms with Crippen molar-refractivity contribution >= 4 is 11.3 Å². The van der Waals surface area contributed by atoms with Crippen LogP contribution in [0.5, 0.6) is 5.19 Å². The number of rotatable bonds is 9. The first-order valence-electron chi connectivity index (χ1n) is 6.00. The van der Waals surface area contributed by atoms with Crippen LogP contribution in [0.1, 0.15) is 32.2 Å². The highest BCUT2D eigenvalue weighted by atomic mass is 32.1. The minimum atomic E-state index is 0.238. The lowest BCUT2D eigenvalue weighted by atomic mass is 10.5. The van der Waals surface area contributed by atoms with Crippen molar-refractivity contribution in [3.8, 4) is 5.19 Å². The lowest BCUT2D eigenvalue weighted by molar-refractivity contribution is 0.0550. The second-order valence-corrected chi connectivity index (χ2v) is 4.93. The number of hydrogen-bond acceptors (Lipinski definition) is 6. The van der Waals surface area contributed by atoms with E-state index >= 15 is 0 Å². The Hall–Kier alpha value is -0.720. The molecule has 1 rings (SSSR count). The predicted molar refractivity (Wildman–Crippen MR) is 68.5 cm³/mol. The van der Waals surface area contributed by atoms with E-state index in [-0.39, 0.29) is 6.10 Å². The Bertz CT molecular complexity index is 305. The van der Waals surface area contributed by atoms with E-state index in [0.29, 0.717) is 18.4 Å². The summed E-state index contributed by atoms with van der Waals surface area (Å²) in [5.74, 6) is 0. The largest absolute Gasteiger partial charge is 0.466 e. The highest BCUT2D eigenvalue weighted by molar-refractivity contribution is 7.13. The maximum Gasteiger partial charge on any atom is 0.294 e. The first kappa shape index (κ1) is 14.3. The Morgan fingerprint density at radius 1 is 1.29 bits per heavy atom. The molecule has 0 aromatic carbocycles. The van der Waals surface area contributed by atoms with Crippen molar-refractivity contribution in [2.45, 2.75) is 39.8 Å². The summed E-state index contributed by atoms with van der Waals surface area (Å²) in [6.45, 7) is 9.01. The van der Waals surface area contributed by atoms with E-state index in [1.807, 2.05) is 13.8 Å². The van der Waals surface area contributed by atoms with E-state index < -0.39 is 0 Å². The average Bonchev–Trinajstić information content (AvgIpc) is 2.73. The average molecular weight is 259 g/mol. The zero-order valence-electron chi connectivity index (χ0n) is 10.7. The van der Waals surface area contributed by atoms with Gasteiger partial charge in [-0.15, -0.1) is 10.2 Å². The molecule has 17 heavy (non-hydrogen) atoms. The molecule has 0 spiro atoms. The highest BCUT2D eigenvalue weighted by Crippen LogP contribution is 2.17. The maximum atomic E-state index is 5.44. The number of hydrogen-bond donors (Lipinski definition) is 1. The molecule has 0 aliphatic carbocycles. The molecule has 0 atom stereocenters. The van der Waals surface area contributed by atoms with E-state index in [2.05, 4.69) is 22.4 Å². The van der Waals surface area contributed by atoms with Gasteiger partial charge in [-0.25, -0.2) is 0 Å². The van der Waals surface area contributed by atoms with Crippen molar-refractivity contribution in [3.63, 3.8) is 0 Å². The monoisotopic (exact) mass is 259 g/mol. The third-order valence-electron chi connectivity index (χ3n) is 1.91. The predicted octanol–water partition coefficient (Wildman–Crippen LogP) is 1.84. The first-order valence-corrected chi connectivity index (χ1v) is 6.81. The second-order valence-electron chi connectivity index (χ2n) is 3.91. The molecular formula is C11H21N3O2S. The van der Waals surface area contributed by atoms with Crippen LogP contribution in [0.2, 0.25) is 0 Å². The van der Waals surface area contributed by atoms with Crippen LogP contribution in [0.3, 0.4) is 0 Å². The van der Waals surface area contributed by atoms with Crippen molar-refractivity contribution < 1.29 is 9.47 Å². The summed E-state index contributed by atoms with van der Waals surface area (Å²) < 4.78 is 10.8. The molecule has 0 aliphatic rings. The molecule has 1 aromatic rings. The summed E-state index contributed by atoms with van der Waals surface area (Å²) in [7, 11) is 0. The van der Waals surface area contributed by atoms with E-state index in [1.54, 1.807) is 0 Å². The third kappa shape index (κ3) is 6.55. The van der Waals surface area contributed by atoms with E-state index in [1.165, 1.54) is 11.3 Å². The topological polar surface area (TPSA) is 56.3 Å². The molecule has 1 N–H and O–H groups in total. The maximum absolute atomic E-state index is 5.44. The van der Waals surface area contributed by atoms with Crippen LogP contribution < -0.4 is 10.1 Å². The van der Waals surface area contributed by atoms with Crippen molar-refractivity contribution in [2.24, 2.45) is 0 Å². The summed E-state index contributed by atoms with van der Waals surface area (Å²) >= 11 is 1.48. The van der Waals surface area contributed by atoms with Gasteiger partial charge >= 0.3 is 0 Å². The SMILES string of the molecule is CCCNCc1nnc(OCCOC(C)C)s1. The molecule has 0 amide bonds. The molecule has 0 aliphatic heterocycles. The molecule has 0 saturated heterocycles. The minimum absolute atomic E-state index is 0.238. The molecule has 0 bridgehead atoms. The van der Waals surface area contributed by atoms with E-state index in [9.17, 15) is 0 Å². The lowest BCUT2D eigenvalue weighted by Crippen LogP contribution is -2.13. The van der Waals surface area contributed by atoms with Gasteiger partial charge in [0.25, 0.3) is 5.19 Å². The summed E-state index contributed by atoms with van der Waals surface area (Å²) in [6.07, 6.45) is 1.36. The number of aromatic nitrogens is 2. The van der Waals surface area contributed by atoms with Crippen molar-refractivity contribution in [3.05, 3.63) is 5.01 Å². The molecule has 0 fully saturated rings. The Morgan fingerprint density at radius 3 is 2.82 bits per heavy atom. The summed E-state index contributed by atoms with van der Waals surface area (Å²) in [4.78, 5) is 0. The quantitative estimate of drug-likeness (QED) is 0.686. The Kier molecular flexibility index (Phi) is 7.07. The molecule has 5 nitrogen and oxygen atoms in total. The van der Waals surface area contributed by atoms with Crippen LogP contribution in [-0.2, 0) is 11.3 Å². The third-order valence-corrected chi connectivity index (χ3v) is 2.75. The highest BCUT2D eigenvalue weighted by Gasteiger charge is 2.04. The second kappa shape index (κ2) is 8.38. The Labute approximate surface area is 107 Å². The number of nitrogens with zero attached hydrogens (tertiary/aromatic N) is 2. The Balaban J connectivity index is 2.16. The lowest BCUT2D eigenvalue weighted by Gasteiger charge is -2.06. The summed E-state index contributed by atoms with van der Waals surface area (Å²) in [5.41, 5.74) is 0. The fraction of sp³-hybridized carbons (Fsp3) is 0.818. The van der Waals surface area contributed by atoms with Crippen molar-refractivity contribution in [2.75, 3.05) is 19.8 Å². The zero-order valence-corrected chi connectivity index (χ0v) is 11.5. The fourth-order valence-electron chi connectivity index (χ4n) is 1.15. The smallest absolute Gasteiger partial charge is 0.294 e. The minimum Gasteiger partial charge on any atom is -0.466 e. The van der Waals surface area contributed by atoms with Gasteiger partial charge in [0, 0.05) is 6.54 Å². The van der Waals surface area contributed by atoms with Gasteiger partial charge in [0.2, 0.25) is 0 Å². The van der Waals surface area contributed by atoms with Gasteiger partial charge in [0.05, 0.1) is 12.7 Å². The fourth-order valence-corrected chi connectivity index (χ4v) is 1.83. The first-order chi connectivity index (χ1) is 8.22. The van der Waals surface area contributed by atoms with Crippen LogP contribution in [0.25, 0.3) is 0 Å². The molecule has 6 heteroatoms. The molecule has 0 saturated carbocycles. The standard InChI is InChI=1S/C11H21N3O2S/c1-4-5-12-8-10-13-14-11(17-10)16-7-6-15-9(2)3/h9,12H,4-8H2,1-3H3. The van der Waals surface area contributed by atoms with Gasteiger partial charge in [-0.1, -0.05) is 18.3 Å². The van der Waals surface area contributed by atoms with Crippen LogP contribution in [0.4, 0.5) is 0 Å². The van der Waals surface area contributed by atoms with Gasteiger partial charge < -0.3 is 14.8 Å². The number of ether oxygens (including phenoxy) is 2. The van der Waals surface area contributed by atoms with Crippen LogP contribution in [-0.4, -0.2) is 36.1 Å². The van der Waals surface area contributed by atoms with Crippen LogP contribution in [0.15, 0.2) is 0 Å². The van der Waals surface area contributed by atoms with Crippen LogP contribution in [0, 0.1) is 0 Å². The van der Waals surface area contributed by atoms with Gasteiger partial charge in [0.15, 0.2) is 0 Å². The molecule has 98 valence electrons. The van der Waals surface area contributed by atoms with E-state index in [0.717, 1.165) is 24.5 Å². The summed E-state index contributed by atoms with van der Waals surface area (Å²) in [6, 6.07) is 0. The molecule has 1 aromatic heterocycles. The van der Waals surface area contributed by atoms with Gasteiger partial charge in [-0.2, -0.15) is 0 Å². The molecule has 0 radical (unpaired) electrons. The normalized spacial score (nSPS) is 11.1. The molecular weight excluding hydrogens is 238 g/mol. The van der Waals surface area contributed by atoms with Gasteiger partial charge in [0.1, 0.15) is 11.6 Å². The summed E-state index contributed by atoms with van der Waals surface area (Å²) in [5, 5.41) is 12.9. The molecule has 1 heterocycles. The number of nitrogens with one attached hydrogen (secondary N) is 1. The van der Waals surface area contributed by atoms with Crippen LogP contribution >= 0.6 is 11.3 Å². The van der Waals surface area contributed by atoms with Crippen molar-refractivity contribution in [1.82, 2.24) is 15.5 Å². The zero-order chi connectivity index (χ0) is 12.5. The molecule has 0 unspecified atom stereocenters. The Morgan fingerprint density at radius 2 is 2.12 bits per heavy atom. The van der Waals surface area contributed by atoms with Gasteiger partial charge in [-0.05, 0) is 26.8 Å². The van der Waals surface area contributed by atoms with Crippen molar-refractivity contribution in [1.29, 1.82) is 0 Å². The van der Waals surface area contributed by atoms with E-state index in [4.69, 9.17) is 9.47 Å².